The van der Waals surface area contributed by atoms with Gasteiger partial charge in [-0.25, -0.2) is 0 Å². The molecule has 112 valence electrons. The van der Waals surface area contributed by atoms with E-state index in [9.17, 15) is 0 Å². The molecular formula is C17H28N2O. The molecule has 0 spiro atoms. The zero-order valence-corrected chi connectivity index (χ0v) is 13.1. The molecule has 0 amide bonds. The first-order chi connectivity index (χ1) is 9.57. The normalized spacial score (nSPS) is 23.8. The van der Waals surface area contributed by atoms with Crippen molar-refractivity contribution in [2.45, 2.75) is 52.1 Å². The summed E-state index contributed by atoms with van der Waals surface area (Å²) in [5.41, 5.74) is 3.88. The first-order valence-electron chi connectivity index (χ1n) is 7.77. The third-order valence-corrected chi connectivity index (χ3v) is 4.50. The van der Waals surface area contributed by atoms with Gasteiger partial charge in [-0.2, -0.15) is 0 Å². The first-order valence-corrected chi connectivity index (χ1v) is 7.77. The van der Waals surface area contributed by atoms with E-state index in [2.05, 4.69) is 49.2 Å². The highest BCUT2D eigenvalue weighted by molar-refractivity contribution is 5.58. The lowest BCUT2D eigenvalue weighted by molar-refractivity contribution is 0.0770. The molecule has 1 aliphatic heterocycles. The molecule has 1 aromatic rings. The van der Waals surface area contributed by atoms with E-state index >= 15 is 0 Å². The van der Waals surface area contributed by atoms with Crippen LogP contribution >= 0.6 is 0 Å². The minimum atomic E-state index is 0.00426. The molecule has 1 unspecified atom stereocenters. The van der Waals surface area contributed by atoms with Gasteiger partial charge in [-0.1, -0.05) is 18.2 Å². The van der Waals surface area contributed by atoms with E-state index in [0.717, 1.165) is 25.9 Å². The fraction of sp³-hybridized carbons (Fsp3) is 0.647. The standard InChI is InChI=1S/C17H28N2O/c1-14-8-6-9-15(2)16(14)18-17(3)10-4-5-11-19(17)12-7-13-20/h6,8-9,18,20H,4-5,7,10-13H2,1-3H3. The minimum absolute atomic E-state index is 0.00426. The van der Waals surface area contributed by atoms with Crippen molar-refractivity contribution >= 4 is 5.69 Å². The number of hydrogen-bond donors (Lipinski definition) is 2. The van der Waals surface area contributed by atoms with Crippen molar-refractivity contribution < 1.29 is 5.11 Å². The second-order valence-corrected chi connectivity index (χ2v) is 6.19. The van der Waals surface area contributed by atoms with E-state index in [1.807, 2.05) is 0 Å². The van der Waals surface area contributed by atoms with Crippen LogP contribution in [0.25, 0.3) is 0 Å². The molecule has 1 aliphatic rings. The number of aliphatic hydroxyl groups is 1. The van der Waals surface area contributed by atoms with Crippen LogP contribution < -0.4 is 5.32 Å². The van der Waals surface area contributed by atoms with Gasteiger partial charge in [0, 0.05) is 25.4 Å². The van der Waals surface area contributed by atoms with Gasteiger partial charge >= 0.3 is 0 Å². The van der Waals surface area contributed by atoms with E-state index in [-0.39, 0.29) is 12.3 Å². The van der Waals surface area contributed by atoms with Gasteiger partial charge in [-0.3, -0.25) is 4.90 Å². The molecule has 0 aliphatic carbocycles. The van der Waals surface area contributed by atoms with Crippen molar-refractivity contribution in [2.24, 2.45) is 0 Å². The lowest BCUT2D eigenvalue weighted by Crippen LogP contribution is -2.55. The van der Waals surface area contributed by atoms with Crippen LogP contribution in [0.5, 0.6) is 0 Å². The zero-order chi connectivity index (χ0) is 14.6. The number of piperidine rings is 1. The summed E-state index contributed by atoms with van der Waals surface area (Å²) in [5, 5.41) is 12.9. The third-order valence-electron chi connectivity index (χ3n) is 4.50. The monoisotopic (exact) mass is 276 g/mol. The second-order valence-electron chi connectivity index (χ2n) is 6.19. The van der Waals surface area contributed by atoms with Crippen LogP contribution in [0.15, 0.2) is 18.2 Å². The van der Waals surface area contributed by atoms with Gasteiger partial charge in [0.25, 0.3) is 0 Å². The van der Waals surface area contributed by atoms with Crippen molar-refractivity contribution in [3.63, 3.8) is 0 Å². The fourth-order valence-electron chi connectivity index (χ4n) is 3.22. The molecule has 3 nitrogen and oxygen atoms in total. The molecule has 2 rings (SSSR count). The molecule has 1 atom stereocenters. The van der Waals surface area contributed by atoms with Crippen LogP contribution in [0, 0.1) is 13.8 Å². The maximum absolute atomic E-state index is 9.10. The predicted octanol–water partition coefficient (Wildman–Crippen LogP) is 3.30. The average Bonchev–Trinajstić information content (AvgIpc) is 2.42. The van der Waals surface area contributed by atoms with Crippen LogP contribution in [0.4, 0.5) is 5.69 Å². The highest BCUT2D eigenvalue weighted by atomic mass is 16.3. The smallest absolute Gasteiger partial charge is 0.0878 e. The van der Waals surface area contributed by atoms with Gasteiger partial charge in [0.1, 0.15) is 0 Å². The maximum Gasteiger partial charge on any atom is 0.0878 e. The molecule has 20 heavy (non-hydrogen) atoms. The van der Waals surface area contributed by atoms with Gasteiger partial charge in [0.15, 0.2) is 0 Å². The van der Waals surface area contributed by atoms with E-state index < -0.39 is 0 Å². The molecule has 0 bridgehead atoms. The molecule has 2 N–H and O–H groups in total. The largest absolute Gasteiger partial charge is 0.396 e. The lowest BCUT2D eigenvalue weighted by Gasteiger charge is -2.46. The molecule has 1 fully saturated rings. The topological polar surface area (TPSA) is 35.5 Å². The van der Waals surface area contributed by atoms with Gasteiger partial charge < -0.3 is 10.4 Å². The Balaban J connectivity index is 2.18. The summed E-state index contributed by atoms with van der Waals surface area (Å²) < 4.78 is 0. The molecule has 0 radical (unpaired) electrons. The van der Waals surface area contributed by atoms with Gasteiger partial charge in [0.05, 0.1) is 5.66 Å². The molecule has 1 aromatic carbocycles. The summed E-state index contributed by atoms with van der Waals surface area (Å²) in [5.74, 6) is 0. The van der Waals surface area contributed by atoms with E-state index in [1.165, 1.54) is 29.7 Å². The number of para-hydroxylation sites is 1. The number of aryl methyl sites for hydroxylation is 2. The van der Waals surface area contributed by atoms with Crippen molar-refractivity contribution in [3.8, 4) is 0 Å². The van der Waals surface area contributed by atoms with Crippen LogP contribution in [0.2, 0.25) is 0 Å². The predicted molar refractivity (Wildman–Crippen MR) is 85.1 cm³/mol. The Morgan fingerprint density at radius 1 is 1.25 bits per heavy atom. The van der Waals surface area contributed by atoms with Crippen molar-refractivity contribution in [1.82, 2.24) is 4.90 Å². The summed E-state index contributed by atoms with van der Waals surface area (Å²) in [6.07, 6.45) is 4.54. The van der Waals surface area contributed by atoms with Crippen LogP contribution in [0.3, 0.4) is 0 Å². The number of nitrogens with one attached hydrogen (secondary N) is 1. The Hall–Kier alpha value is -1.06. The number of rotatable bonds is 5. The number of benzene rings is 1. The van der Waals surface area contributed by atoms with E-state index in [1.54, 1.807) is 0 Å². The van der Waals surface area contributed by atoms with Gasteiger partial charge in [-0.15, -0.1) is 0 Å². The molecule has 1 heterocycles. The number of aliphatic hydroxyl groups excluding tert-OH is 1. The van der Waals surface area contributed by atoms with Crippen LogP contribution in [-0.2, 0) is 0 Å². The highest BCUT2D eigenvalue weighted by Crippen LogP contribution is 2.32. The van der Waals surface area contributed by atoms with Crippen molar-refractivity contribution in [2.75, 3.05) is 25.0 Å². The summed E-state index contributed by atoms with van der Waals surface area (Å²) in [7, 11) is 0. The Bertz CT molecular complexity index is 426. The first kappa shape index (κ1) is 15.3. The molecule has 3 heteroatoms. The minimum Gasteiger partial charge on any atom is -0.396 e. The van der Waals surface area contributed by atoms with Crippen molar-refractivity contribution in [1.29, 1.82) is 0 Å². The summed E-state index contributed by atoms with van der Waals surface area (Å²) >= 11 is 0. The van der Waals surface area contributed by atoms with Crippen LogP contribution in [0.1, 0.15) is 43.7 Å². The molecule has 0 aromatic heterocycles. The van der Waals surface area contributed by atoms with E-state index in [4.69, 9.17) is 5.11 Å². The highest BCUT2D eigenvalue weighted by Gasteiger charge is 2.34. The average molecular weight is 276 g/mol. The van der Waals surface area contributed by atoms with E-state index in [0.29, 0.717) is 0 Å². The second kappa shape index (κ2) is 6.59. The van der Waals surface area contributed by atoms with Gasteiger partial charge in [0.2, 0.25) is 0 Å². The Labute approximate surface area is 123 Å². The Morgan fingerprint density at radius 3 is 2.60 bits per heavy atom. The van der Waals surface area contributed by atoms with Crippen molar-refractivity contribution in [3.05, 3.63) is 29.3 Å². The zero-order valence-electron chi connectivity index (χ0n) is 13.1. The molecule has 0 saturated carbocycles. The number of anilines is 1. The molecule has 1 saturated heterocycles. The Morgan fingerprint density at radius 2 is 1.95 bits per heavy atom. The number of likely N-dealkylation sites (tertiary alicyclic amines) is 1. The quantitative estimate of drug-likeness (QED) is 0.866. The molecular weight excluding hydrogens is 248 g/mol. The fourth-order valence-corrected chi connectivity index (χ4v) is 3.22. The third kappa shape index (κ3) is 3.33. The van der Waals surface area contributed by atoms with Gasteiger partial charge in [-0.05, 0) is 57.6 Å². The SMILES string of the molecule is Cc1cccc(C)c1NC1(C)CCCCN1CCCO. The summed E-state index contributed by atoms with van der Waals surface area (Å²) in [6.45, 7) is 8.99. The summed E-state index contributed by atoms with van der Waals surface area (Å²) in [6, 6.07) is 6.45. The number of nitrogens with zero attached hydrogens (tertiary/aromatic N) is 1. The summed E-state index contributed by atoms with van der Waals surface area (Å²) in [4.78, 5) is 2.50. The number of hydrogen-bond acceptors (Lipinski definition) is 3. The lowest BCUT2D eigenvalue weighted by atomic mass is 9.95. The Kier molecular flexibility index (Phi) is 5.06. The maximum atomic E-state index is 9.10. The van der Waals surface area contributed by atoms with Crippen LogP contribution in [-0.4, -0.2) is 35.4 Å².